The van der Waals surface area contributed by atoms with Crippen molar-refractivity contribution in [1.29, 1.82) is 0 Å². The summed E-state index contributed by atoms with van der Waals surface area (Å²) >= 11 is 3.42. The largest absolute Gasteiger partial charge is 0.391 e. The highest BCUT2D eigenvalue weighted by atomic mass is 79.9. The molecule has 1 heterocycles. The fourth-order valence-corrected chi connectivity index (χ4v) is 4.80. The number of aliphatic hydroxyl groups is 1. The molecule has 0 aliphatic heterocycles. The molecule has 0 aliphatic carbocycles. The number of anilines is 2. The van der Waals surface area contributed by atoms with Crippen molar-refractivity contribution >= 4 is 37.7 Å². The highest BCUT2D eigenvalue weighted by Gasteiger charge is 2.20. The van der Waals surface area contributed by atoms with E-state index in [-0.39, 0.29) is 10.9 Å². The van der Waals surface area contributed by atoms with Crippen LogP contribution >= 0.6 is 15.9 Å². The van der Waals surface area contributed by atoms with Crippen LogP contribution in [0.2, 0.25) is 0 Å². The Morgan fingerprint density at radius 2 is 1.97 bits per heavy atom. The maximum absolute atomic E-state index is 12.2. The van der Waals surface area contributed by atoms with E-state index >= 15 is 0 Å². The summed E-state index contributed by atoms with van der Waals surface area (Å²) < 4.78 is 30.1. The third-order valence-electron chi connectivity index (χ3n) is 4.93. The molecule has 0 unspecified atom stereocenters. The van der Waals surface area contributed by atoms with E-state index in [9.17, 15) is 13.5 Å². The SMILES string of the molecule is CCCc1cc(CNc2ncc(Br)c(N[C@H](COC)[C@@H](C)O)n2)cc(CC)c1S(N)(=O)=O. The van der Waals surface area contributed by atoms with E-state index in [0.717, 1.165) is 17.5 Å². The first kappa shape index (κ1) is 26.5. The van der Waals surface area contributed by atoms with E-state index in [2.05, 4.69) is 36.5 Å². The predicted molar refractivity (Wildman–Crippen MR) is 129 cm³/mol. The number of benzene rings is 1. The van der Waals surface area contributed by atoms with Crippen molar-refractivity contribution in [3.63, 3.8) is 0 Å². The summed E-state index contributed by atoms with van der Waals surface area (Å²) in [5.74, 6) is 0.916. The summed E-state index contributed by atoms with van der Waals surface area (Å²) in [4.78, 5) is 9.01. The Morgan fingerprint density at radius 3 is 2.53 bits per heavy atom. The first-order valence-corrected chi connectivity index (χ1v) is 12.8. The molecular weight excluding hydrogens is 498 g/mol. The van der Waals surface area contributed by atoms with Gasteiger partial charge in [0.1, 0.15) is 5.82 Å². The summed E-state index contributed by atoms with van der Waals surface area (Å²) in [6.07, 6.45) is 2.96. The van der Waals surface area contributed by atoms with Crippen LogP contribution in [0.25, 0.3) is 0 Å². The molecule has 0 bridgehead atoms. The number of aromatic nitrogens is 2. The number of methoxy groups -OCH3 is 1. The number of ether oxygens (including phenoxy) is 1. The quantitative estimate of drug-likeness (QED) is 0.329. The number of nitrogens with one attached hydrogen (secondary N) is 2. The molecule has 0 fully saturated rings. The van der Waals surface area contributed by atoms with Crippen molar-refractivity contribution in [3.05, 3.63) is 39.5 Å². The van der Waals surface area contributed by atoms with Gasteiger partial charge in [-0.3, -0.25) is 0 Å². The van der Waals surface area contributed by atoms with Gasteiger partial charge in [0.15, 0.2) is 0 Å². The van der Waals surface area contributed by atoms with Gasteiger partial charge in [0, 0.05) is 19.9 Å². The number of nitrogens with two attached hydrogens (primary N) is 1. The second kappa shape index (κ2) is 11.9. The van der Waals surface area contributed by atoms with Gasteiger partial charge >= 0.3 is 0 Å². The Balaban J connectivity index is 2.27. The fourth-order valence-electron chi connectivity index (χ4n) is 3.40. The molecule has 1 aromatic carbocycles. The van der Waals surface area contributed by atoms with E-state index in [1.807, 2.05) is 26.0 Å². The van der Waals surface area contributed by atoms with Crippen molar-refractivity contribution in [1.82, 2.24) is 9.97 Å². The second-order valence-corrected chi connectivity index (χ2v) is 9.93. The number of sulfonamides is 1. The van der Waals surface area contributed by atoms with Gasteiger partial charge in [-0.05, 0) is 52.4 Å². The predicted octanol–water partition coefficient (Wildman–Crippen LogP) is 2.82. The molecule has 0 saturated heterocycles. The second-order valence-electron chi connectivity index (χ2n) is 7.58. The summed E-state index contributed by atoms with van der Waals surface area (Å²) in [6, 6.07) is 3.38. The zero-order chi connectivity index (χ0) is 23.9. The topological polar surface area (TPSA) is 139 Å². The van der Waals surface area contributed by atoms with Gasteiger partial charge in [-0.15, -0.1) is 0 Å². The Bertz CT molecular complexity index is 1020. The molecule has 0 spiro atoms. The van der Waals surface area contributed by atoms with Gasteiger partial charge in [-0.25, -0.2) is 18.5 Å². The normalized spacial score (nSPS) is 13.6. The first-order valence-electron chi connectivity index (χ1n) is 10.5. The number of aliphatic hydroxyl groups excluding tert-OH is 1. The van der Waals surface area contributed by atoms with Crippen molar-refractivity contribution in [3.8, 4) is 0 Å². The smallest absolute Gasteiger partial charge is 0.238 e. The molecule has 0 radical (unpaired) electrons. The van der Waals surface area contributed by atoms with Crippen LogP contribution in [0.4, 0.5) is 11.8 Å². The van der Waals surface area contributed by atoms with Crippen molar-refractivity contribution < 1.29 is 18.3 Å². The monoisotopic (exact) mass is 529 g/mol. The average Bonchev–Trinajstić information content (AvgIpc) is 2.72. The molecule has 11 heteroatoms. The third kappa shape index (κ3) is 7.11. The van der Waals surface area contributed by atoms with Gasteiger partial charge in [-0.2, -0.15) is 4.98 Å². The minimum absolute atomic E-state index is 0.235. The molecule has 2 rings (SSSR count). The zero-order valence-electron chi connectivity index (χ0n) is 18.9. The average molecular weight is 530 g/mol. The molecule has 32 heavy (non-hydrogen) atoms. The third-order valence-corrected chi connectivity index (χ3v) is 6.61. The van der Waals surface area contributed by atoms with E-state index < -0.39 is 16.1 Å². The van der Waals surface area contributed by atoms with Gasteiger partial charge < -0.3 is 20.5 Å². The minimum atomic E-state index is -3.81. The minimum Gasteiger partial charge on any atom is -0.391 e. The van der Waals surface area contributed by atoms with Gasteiger partial charge in [-0.1, -0.05) is 32.4 Å². The number of rotatable bonds is 12. The lowest BCUT2D eigenvalue weighted by Crippen LogP contribution is -2.36. The standard InChI is InChI=1S/C21H32BrN5O4S/c1-5-7-16-9-14(8-15(6-2)19(16)32(23,29)30)10-24-21-25-11-17(22)20(27-21)26-18(12-31-4)13(3)28/h8-9,11,13,18,28H,5-7,10,12H2,1-4H3,(H2,23,29,30)(H2,24,25,26,27)/t13-,18-/m1/s1. The zero-order valence-corrected chi connectivity index (χ0v) is 21.3. The highest BCUT2D eigenvalue weighted by molar-refractivity contribution is 9.10. The van der Waals surface area contributed by atoms with Crippen LogP contribution in [0.3, 0.4) is 0 Å². The van der Waals surface area contributed by atoms with Crippen LogP contribution in [-0.4, -0.2) is 49.4 Å². The number of aryl methyl sites for hydroxylation is 2. The van der Waals surface area contributed by atoms with E-state index in [1.165, 1.54) is 0 Å². The number of hydrogen-bond acceptors (Lipinski definition) is 8. The molecule has 0 amide bonds. The van der Waals surface area contributed by atoms with Crippen LogP contribution in [0.1, 0.15) is 43.9 Å². The summed E-state index contributed by atoms with van der Waals surface area (Å²) in [7, 11) is -2.24. The molecular formula is C21H32BrN5O4S. The van der Waals surface area contributed by atoms with Crippen LogP contribution in [-0.2, 0) is 34.1 Å². The molecule has 0 aliphatic rings. The Labute approximate surface area is 198 Å². The fraction of sp³-hybridized carbons (Fsp3) is 0.524. The molecule has 178 valence electrons. The molecule has 9 nitrogen and oxygen atoms in total. The van der Waals surface area contributed by atoms with Crippen LogP contribution in [0.15, 0.2) is 27.7 Å². The molecule has 2 aromatic rings. The molecule has 1 aromatic heterocycles. The summed E-state index contributed by atoms with van der Waals surface area (Å²) in [5, 5.41) is 21.8. The Morgan fingerprint density at radius 1 is 1.28 bits per heavy atom. The molecule has 2 atom stereocenters. The number of hydrogen-bond donors (Lipinski definition) is 4. The number of nitrogens with zero attached hydrogens (tertiary/aromatic N) is 2. The van der Waals surface area contributed by atoms with E-state index in [1.54, 1.807) is 20.2 Å². The number of primary sulfonamides is 1. The number of halogens is 1. The van der Waals surface area contributed by atoms with Crippen LogP contribution in [0, 0.1) is 0 Å². The van der Waals surface area contributed by atoms with Gasteiger partial charge in [0.25, 0.3) is 0 Å². The lowest BCUT2D eigenvalue weighted by atomic mass is 10.0. The van der Waals surface area contributed by atoms with E-state index in [0.29, 0.717) is 47.8 Å². The summed E-state index contributed by atoms with van der Waals surface area (Å²) in [6.45, 7) is 6.30. The lowest BCUT2D eigenvalue weighted by Gasteiger charge is -2.22. The van der Waals surface area contributed by atoms with Gasteiger partial charge in [0.2, 0.25) is 16.0 Å². The van der Waals surface area contributed by atoms with E-state index in [4.69, 9.17) is 9.88 Å². The first-order chi connectivity index (χ1) is 15.1. The van der Waals surface area contributed by atoms with Crippen LogP contribution < -0.4 is 15.8 Å². The Kier molecular flexibility index (Phi) is 9.83. The van der Waals surface area contributed by atoms with Crippen LogP contribution in [0.5, 0.6) is 0 Å². The van der Waals surface area contributed by atoms with Crippen molar-refractivity contribution in [2.45, 2.75) is 63.6 Å². The maximum Gasteiger partial charge on any atom is 0.238 e. The lowest BCUT2D eigenvalue weighted by molar-refractivity contribution is 0.106. The highest BCUT2D eigenvalue weighted by Crippen LogP contribution is 2.25. The van der Waals surface area contributed by atoms with Crippen molar-refractivity contribution in [2.75, 3.05) is 24.4 Å². The summed E-state index contributed by atoms with van der Waals surface area (Å²) in [5.41, 5.74) is 2.35. The van der Waals surface area contributed by atoms with Crippen molar-refractivity contribution in [2.24, 2.45) is 5.14 Å². The maximum atomic E-state index is 12.2. The Hall–Kier alpha value is -1.79. The van der Waals surface area contributed by atoms with Gasteiger partial charge in [0.05, 0.1) is 28.1 Å². The molecule has 0 saturated carbocycles. The molecule has 5 N–H and O–H groups in total.